The predicted octanol–water partition coefficient (Wildman–Crippen LogP) is 3.06. The van der Waals surface area contributed by atoms with Crippen molar-refractivity contribution in [2.24, 2.45) is 5.10 Å². The van der Waals surface area contributed by atoms with E-state index in [4.69, 9.17) is 0 Å². The Labute approximate surface area is 175 Å². The van der Waals surface area contributed by atoms with E-state index >= 15 is 0 Å². The van der Waals surface area contributed by atoms with Crippen molar-refractivity contribution in [1.82, 2.24) is 15.2 Å². The maximum atomic E-state index is 12.9. The molecule has 31 heavy (non-hydrogen) atoms. The first kappa shape index (κ1) is 19.6. The zero-order valence-corrected chi connectivity index (χ0v) is 16.0. The van der Waals surface area contributed by atoms with Crippen LogP contribution >= 0.6 is 0 Å². The fourth-order valence-electron chi connectivity index (χ4n) is 3.00. The lowest BCUT2D eigenvalue weighted by Crippen LogP contribution is -2.28. The summed E-state index contributed by atoms with van der Waals surface area (Å²) in [5, 5.41) is 19.6. The number of benzene rings is 3. The van der Waals surface area contributed by atoms with Crippen LogP contribution in [-0.2, 0) is 0 Å². The number of carbonyl (C=O) groups excluding carboxylic acids is 1. The van der Waals surface area contributed by atoms with E-state index in [1.807, 2.05) is 6.07 Å². The van der Waals surface area contributed by atoms with Crippen molar-refractivity contribution in [3.8, 4) is 5.69 Å². The summed E-state index contributed by atoms with van der Waals surface area (Å²) in [5.74, 6) is -0.598. The summed E-state index contributed by atoms with van der Waals surface area (Å²) in [7, 11) is 0. The molecule has 0 aliphatic carbocycles. The van der Waals surface area contributed by atoms with Crippen molar-refractivity contribution in [3.05, 3.63) is 111 Å². The number of carbonyl (C=O) groups is 1. The van der Waals surface area contributed by atoms with Gasteiger partial charge in [0.15, 0.2) is 5.69 Å². The number of hydrogen-bond donors (Lipinski definition) is 1. The highest BCUT2D eigenvalue weighted by atomic mass is 16.6. The quantitative estimate of drug-likeness (QED) is 0.306. The number of amides is 1. The van der Waals surface area contributed by atoms with Crippen molar-refractivity contribution in [1.29, 1.82) is 0 Å². The number of non-ortho nitro benzene ring substituents is 1. The summed E-state index contributed by atoms with van der Waals surface area (Å²) in [4.78, 5) is 35.9. The smallest absolute Gasteiger partial charge is 0.267 e. The van der Waals surface area contributed by atoms with Crippen LogP contribution in [0.3, 0.4) is 0 Å². The van der Waals surface area contributed by atoms with Crippen molar-refractivity contribution >= 4 is 28.6 Å². The second kappa shape index (κ2) is 8.37. The minimum Gasteiger partial charge on any atom is -0.267 e. The minimum atomic E-state index is -0.598. The number of nitrogens with one attached hydrogen (secondary N) is 1. The first-order chi connectivity index (χ1) is 15.0. The molecule has 0 aliphatic heterocycles. The molecular weight excluding hydrogens is 398 g/mol. The van der Waals surface area contributed by atoms with Gasteiger partial charge in [0.2, 0.25) is 0 Å². The van der Waals surface area contributed by atoms with E-state index in [0.29, 0.717) is 22.0 Å². The lowest BCUT2D eigenvalue weighted by Gasteiger charge is -2.10. The lowest BCUT2D eigenvalue weighted by atomic mass is 10.1. The third-order valence-electron chi connectivity index (χ3n) is 4.50. The van der Waals surface area contributed by atoms with Crippen molar-refractivity contribution in [3.63, 3.8) is 0 Å². The van der Waals surface area contributed by atoms with Gasteiger partial charge >= 0.3 is 0 Å². The van der Waals surface area contributed by atoms with Crippen LogP contribution in [0.1, 0.15) is 16.1 Å². The normalized spacial score (nSPS) is 11.0. The highest BCUT2D eigenvalue weighted by Gasteiger charge is 2.17. The maximum Gasteiger partial charge on any atom is 0.292 e. The third-order valence-corrected chi connectivity index (χ3v) is 4.50. The van der Waals surface area contributed by atoms with Gasteiger partial charge in [-0.15, -0.1) is 0 Å². The Morgan fingerprint density at radius 1 is 0.968 bits per heavy atom. The highest BCUT2D eigenvalue weighted by Crippen LogP contribution is 2.15. The molecule has 1 amide bonds. The van der Waals surface area contributed by atoms with Gasteiger partial charge in [-0.05, 0) is 35.9 Å². The Kier molecular flexibility index (Phi) is 5.31. The van der Waals surface area contributed by atoms with Gasteiger partial charge in [0.25, 0.3) is 17.2 Å². The average molecular weight is 413 g/mol. The molecule has 1 aromatic heterocycles. The van der Waals surface area contributed by atoms with E-state index in [2.05, 4.69) is 15.6 Å². The van der Waals surface area contributed by atoms with Gasteiger partial charge in [0.1, 0.15) is 0 Å². The number of nitrogens with zero attached hydrogens (tertiary/aromatic N) is 4. The molecule has 0 bridgehead atoms. The second-order valence-electron chi connectivity index (χ2n) is 6.49. The monoisotopic (exact) mass is 413 g/mol. The van der Waals surface area contributed by atoms with E-state index in [-0.39, 0.29) is 16.9 Å². The van der Waals surface area contributed by atoms with Gasteiger partial charge in [-0.3, -0.25) is 19.7 Å². The summed E-state index contributed by atoms with van der Waals surface area (Å²) in [6.07, 6.45) is 1.36. The van der Waals surface area contributed by atoms with E-state index in [9.17, 15) is 19.7 Å². The molecule has 0 saturated carbocycles. The number of nitro groups is 1. The summed E-state index contributed by atoms with van der Waals surface area (Å²) in [5.41, 5.74) is 3.15. The molecule has 0 unspecified atom stereocenters. The standard InChI is InChI=1S/C22H15N5O4/c28-21(24-23-14-15-10-12-17(13-11-15)27(30)31)20-18-8-4-5-9-19(18)22(29)26(25-20)16-6-2-1-3-7-16/h1-14H,(H,24,28)/b23-14-. The van der Waals surface area contributed by atoms with Crippen LogP contribution in [0, 0.1) is 10.1 Å². The maximum absolute atomic E-state index is 12.9. The van der Waals surface area contributed by atoms with Crippen LogP contribution in [0.5, 0.6) is 0 Å². The minimum absolute atomic E-state index is 0.0416. The first-order valence-electron chi connectivity index (χ1n) is 9.20. The van der Waals surface area contributed by atoms with Crippen LogP contribution < -0.4 is 11.0 Å². The Morgan fingerprint density at radius 3 is 2.29 bits per heavy atom. The zero-order valence-electron chi connectivity index (χ0n) is 16.0. The Hall–Kier alpha value is -4.66. The van der Waals surface area contributed by atoms with E-state index in [1.54, 1.807) is 48.5 Å². The first-order valence-corrected chi connectivity index (χ1v) is 9.20. The second-order valence-corrected chi connectivity index (χ2v) is 6.49. The molecule has 9 heteroatoms. The lowest BCUT2D eigenvalue weighted by molar-refractivity contribution is -0.384. The van der Waals surface area contributed by atoms with Crippen LogP contribution in [0.4, 0.5) is 5.69 Å². The van der Waals surface area contributed by atoms with Gasteiger partial charge in [-0.1, -0.05) is 36.4 Å². The van der Waals surface area contributed by atoms with Crippen molar-refractivity contribution in [2.75, 3.05) is 0 Å². The van der Waals surface area contributed by atoms with Crippen LogP contribution in [0.25, 0.3) is 16.5 Å². The molecule has 0 aliphatic rings. The van der Waals surface area contributed by atoms with Crippen molar-refractivity contribution < 1.29 is 9.72 Å². The number of para-hydroxylation sites is 1. The number of nitro benzene ring substituents is 1. The molecule has 4 rings (SSSR count). The number of aromatic nitrogens is 2. The molecule has 1 heterocycles. The molecule has 9 nitrogen and oxygen atoms in total. The topological polar surface area (TPSA) is 119 Å². The molecule has 0 atom stereocenters. The summed E-state index contributed by atoms with van der Waals surface area (Å²) < 4.78 is 1.18. The Bertz CT molecular complexity index is 1360. The molecule has 0 fully saturated rings. The molecule has 152 valence electrons. The number of fused-ring (bicyclic) bond motifs is 1. The summed E-state index contributed by atoms with van der Waals surface area (Å²) in [6.45, 7) is 0. The fourth-order valence-corrected chi connectivity index (χ4v) is 3.00. The molecule has 1 N–H and O–H groups in total. The Morgan fingerprint density at radius 2 is 1.61 bits per heavy atom. The summed E-state index contributed by atoms with van der Waals surface area (Å²) >= 11 is 0. The summed E-state index contributed by atoms with van der Waals surface area (Å²) in [6, 6.07) is 21.2. The van der Waals surface area contributed by atoms with Gasteiger partial charge < -0.3 is 0 Å². The molecule has 0 spiro atoms. The van der Waals surface area contributed by atoms with Crippen LogP contribution in [-0.4, -0.2) is 26.8 Å². The van der Waals surface area contributed by atoms with Crippen LogP contribution in [0.15, 0.2) is 88.8 Å². The van der Waals surface area contributed by atoms with E-state index in [0.717, 1.165) is 0 Å². The predicted molar refractivity (Wildman–Crippen MR) is 115 cm³/mol. The van der Waals surface area contributed by atoms with Gasteiger partial charge in [0.05, 0.1) is 22.2 Å². The SMILES string of the molecule is O=C(N/N=C\c1ccc([N+](=O)[O-])cc1)c1nn(-c2ccccc2)c(=O)c2ccccc12. The van der Waals surface area contributed by atoms with Crippen molar-refractivity contribution in [2.45, 2.75) is 0 Å². The van der Waals surface area contributed by atoms with Gasteiger partial charge in [-0.25, -0.2) is 5.43 Å². The average Bonchev–Trinajstić information content (AvgIpc) is 2.80. The van der Waals surface area contributed by atoms with Gasteiger partial charge in [0, 0.05) is 17.5 Å². The highest BCUT2D eigenvalue weighted by molar-refractivity contribution is 6.05. The Balaban J connectivity index is 1.67. The molecular formula is C22H15N5O4. The largest absolute Gasteiger partial charge is 0.292 e. The van der Waals surface area contributed by atoms with Crippen LogP contribution in [0.2, 0.25) is 0 Å². The molecule has 0 radical (unpaired) electrons. The molecule has 4 aromatic rings. The van der Waals surface area contributed by atoms with Gasteiger partial charge in [-0.2, -0.15) is 14.9 Å². The van der Waals surface area contributed by atoms with E-state index < -0.39 is 10.8 Å². The number of hydrazone groups is 1. The molecule has 0 saturated heterocycles. The molecule has 3 aromatic carbocycles. The fraction of sp³-hybridized carbons (Fsp3) is 0. The number of rotatable bonds is 5. The third kappa shape index (κ3) is 4.06. The number of hydrogen-bond acceptors (Lipinski definition) is 6. The zero-order chi connectivity index (χ0) is 21.8. The van der Waals surface area contributed by atoms with E-state index in [1.165, 1.54) is 35.2 Å².